The fourth-order valence-electron chi connectivity index (χ4n) is 2.87. The molecule has 0 amide bonds. The van der Waals surface area contributed by atoms with E-state index in [0.717, 1.165) is 11.0 Å². The van der Waals surface area contributed by atoms with Crippen molar-refractivity contribution in [2.45, 2.75) is 25.1 Å². The number of nitrogens with zero attached hydrogens (tertiary/aromatic N) is 1. The summed E-state index contributed by atoms with van der Waals surface area (Å²) in [5, 5.41) is 0. The van der Waals surface area contributed by atoms with Gasteiger partial charge < -0.3 is 4.90 Å². The number of halogens is 2. The largest absolute Gasteiger partial charge is 0.341 e. The van der Waals surface area contributed by atoms with Gasteiger partial charge in [-0.2, -0.15) is 0 Å². The standard InChI is InChI=1S/C17H17BrClN/c18-15-8-9-17(14(11-15)12-19)20-10-4-3-6-13-5-1-2-7-16(13)20/h1-2,5,7-9,11H,3-4,6,10,12H2. The minimum absolute atomic E-state index is 0.535. The summed E-state index contributed by atoms with van der Waals surface area (Å²) in [5.41, 5.74) is 5.18. The highest BCUT2D eigenvalue weighted by Crippen LogP contribution is 2.36. The molecule has 20 heavy (non-hydrogen) atoms. The first-order valence-electron chi connectivity index (χ1n) is 6.99. The van der Waals surface area contributed by atoms with Crippen molar-refractivity contribution in [1.29, 1.82) is 0 Å². The number of benzene rings is 2. The lowest BCUT2D eigenvalue weighted by molar-refractivity contribution is 0.760. The maximum absolute atomic E-state index is 6.14. The number of hydrogen-bond acceptors (Lipinski definition) is 1. The Morgan fingerprint density at radius 3 is 2.75 bits per heavy atom. The van der Waals surface area contributed by atoms with Crippen LogP contribution in [0.5, 0.6) is 0 Å². The molecule has 0 aliphatic carbocycles. The van der Waals surface area contributed by atoms with Gasteiger partial charge in [0.05, 0.1) is 0 Å². The number of alkyl halides is 1. The Morgan fingerprint density at radius 2 is 1.90 bits per heavy atom. The highest BCUT2D eigenvalue weighted by Gasteiger charge is 2.18. The minimum atomic E-state index is 0.535. The molecule has 3 rings (SSSR count). The number of para-hydroxylation sites is 1. The van der Waals surface area contributed by atoms with Crippen molar-refractivity contribution in [3.8, 4) is 0 Å². The number of rotatable bonds is 2. The van der Waals surface area contributed by atoms with Crippen LogP contribution in [-0.4, -0.2) is 6.54 Å². The van der Waals surface area contributed by atoms with E-state index in [1.807, 2.05) is 0 Å². The van der Waals surface area contributed by atoms with Gasteiger partial charge in [-0.25, -0.2) is 0 Å². The SMILES string of the molecule is ClCc1cc(Br)ccc1N1CCCCc2ccccc21. The number of hydrogen-bond donors (Lipinski definition) is 0. The van der Waals surface area contributed by atoms with Crippen molar-refractivity contribution in [1.82, 2.24) is 0 Å². The summed E-state index contributed by atoms with van der Waals surface area (Å²) in [6, 6.07) is 15.1. The molecule has 3 heteroatoms. The fraction of sp³-hybridized carbons (Fsp3) is 0.294. The Labute approximate surface area is 133 Å². The molecule has 2 aromatic rings. The van der Waals surface area contributed by atoms with Gasteiger partial charge in [-0.3, -0.25) is 0 Å². The lowest BCUT2D eigenvalue weighted by Crippen LogP contribution is -2.19. The molecule has 0 fully saturated rings. The fourth-order valence-corrected chi connectivity index (χ4v) is 3.49. The van der Waals surface area contributed by atoms with E-state index in [2.05, 4.69) is 63.3 Å². The van der Waals surface area contributed by atoms with Gasteiger partial charge in [0.1, 0.15) is 0 Å². The van der Waals surface area contributed by atoms with Crippen molar-refractivity contribution < 1.29 is 0 Å². The Balaban J connectivity index is 2.10. The van der Waals surface area contributed by atoms with Crippen LogP contribution in [0.4, 0.5) is 11.4 Å². The zero-order valence-corrected chi connectivity index (χ0v) is 13.6. The monoisotopic (exact) mass is 349 g/mol. The molecular weight excluding hydrogens is 334 g/mol. The van der Waals surface area contributed by atoms with Crippen LogP contribution >= 0.6 is 27.5 Å². The highest BCUT2D eigenvalue weighted by molar-refractivity contribution is 9.10. The van der Waals surface area contributed by atoms with Crippen LogP contribution in [-0.2, 0) is 12.3 Å². The topological polar surface area (TPSA) is 3.24 Å². The van der Waals surface area contributed by atoms with Crippen molar-refractivity contribution in [2.75, 3.05) is 11.4 Å². The normalized spacial score (nSPS) is 14.8. The maximum Gasteiger partial charge on any atom is 0.0495 e. The van der Waals surface area contributed by atoms with Crippen molar-refractivity contribution in [3.63, 3.8) is 0 Å². The highest BCUT2D eigenvalue weighted by atomic mass is 79.9. The van der Waals surface area contributed by atoms with E-state index in [1.54, 1.807) is 0 Å². The molecule has 0 saturated carbocycles. The molecule has 1 nitrogen and oxygen atoms in total. The van der Waals surface area contributed by atoms with E-state index < -0.39 is 0 Å². The van der Waals surface area contributed by atoms with Crippen molar-refractivity contribution in [2.24, 2.45) is 0 Å². The lowest BCUT2D eigenvalue weighted by atomic mass is 10.1. The van der Waals surface area contributed by atoms with Crippen LogP contribution in [0.15, 0.2) is 46.9 Å². The Bertz CT molecular complexity index is 612. The third kappa shape index (κ3) is 2.72. The summed E-state index contributed by atoms with van der Waals surface area (Å²) in [4.78, 5) is 2.42. The maximum atomic E-state index is 6.14. The average molecular weight is 351 g/mol. The molecule has 1 aliphatic heterocycles. The zero-order chi connectivity index (χ0) is 13.9. The molecule has 0 aromatic heterocycles. The molecule has 0 radical (unpaired) electrons. The van der Waals surface area contributed by atoms with E-state index >= 15 is 0 Å². The lowest BCUT2D eigenvalue weighted by Gasteiger charge is -2.27. The molecule has 0 unspecified atom stereocenters. The Kier molecular flexibility index (Phi) is 4.32. The van der Waals surface area contributed by atoms with E-state index in [4.69, 9.17) is 11.6 Å². The molecule has 0 atom stereocenters. The second-order valence-electron chi connectivity index (χ2n) is 5.14. The van der Waals surface area contributed by atoms with Crippen LogP contribution in [0.2, 0.25) is 0 Å². The Hall–Kier alpha value is -0.990. The second-order valence-corrected chi connectivity index (χ2v) is 6.33. The van der Waals surface area contributed by atoms with Crippen LogP contribution in [0.1, 0.15) is 24.0 Å². The quantitative estimate of drug-likeness (QED) is 0.631. The number of fused-ring (bicyclic) bond motifs is 1. The smallest absolute Gasteiger partial charge is 0.0495 e. The van der Waals surface area contributed by atoms with Gasteiger partial charge in [0.15, 0.2) is 0 Å². The Morgan fingerprint density at radius 1 is 1.05 bits per heavy atom. The molecule has 0 saturated heterocycles. The first-order chi connectivity index (χ1) is 9.79. The molecule has 104 valence electrons. The molecule has 0 bridgehead atoms. The van der Waals surface area contributed by atoms with Crippen LogP contribution in [0, 0.1) is 0 Å². The van der Waals surface area contributed by atoms with Gasteiger partial charge in [0.2, 0.25) is 0 Å². The average Bonchev–Trinajstić information content (AvgIpc) is 2.69. The summed E-state index contributed by atoms with van der Waals surface area (Å²) in [6.07, 6.45) is 3.63. The van der Waals surface area contributed by atoms with Gasteiger partial charge in [-0.15, -0.1) is 11.6 Å². The number of aryl methyl sites for hydroxylation is 1. The van der Waals surface area contributed by atoms with E-state index in [1.165, 1.54) is 41.8 Å². The van der Waals surface area contributed by atoms with Gasteiger partial charge in [0.25, 0.3) is 0 Å². The summed E-state index contributed by atoms with van der Waals surface area (Å²) in [5.74, 6) is 0.535. The molecule has 0 spiro atoms. The summed E-state index contributed by atoms with van der Waals surface area (Å²) in [7, 11) is 0. The minimum Gasteiger partial charge on any atom is -0.341 e. The first kappa shape index (κ1) is 14.0. The van der Waals surface area contributed by atoms with Gasteiger partial charge in [-0.1, -0.05) is 34.1 Å². The molecule has 2 aromatic carbocycles. The predicted molar refractivity (Wildman–Crippen MR) is 90.1 cm³/mol. The second kappa shape index (κ2) is 6.19. The predicted octanol–water partition coefficient (Wildman–Crippen LogP) is 5.66. The van der Waals surface area contributed by atoms with Crippen LogP contribution < -0.4 is 4.90 Å². The van der Waals surface area contributed by atoms with E-state index in [9.17, 15) is 0 Å². The van der Waals surface area contributed by atoms with Gasteiger partial charge in [-0.05, 0) is 54.7 Å². The van der Waals surface area contributed by atoms with E-state index in [-0.39, 0.29) is 0 Å². The summed E-state index contributed by atoms with van der Waals surface area (Å²) >= 11 is 9.67. The first-order valence-corrected chi connectivity index (χ1v) is 8.32. The van der Waals surface area contributed by atoms with Gasteiger partial charge in [0, 0.05) is 28.3 Å². The van der Waals surface area contributed by atoms with Gasteiger partial charge >= 0.3 is 0 Å². The third-order valence-electron chi connectivity index (χ3n) is 3.84. The molecule has 1 aliphatic rings. The van der Waals surface area contributed by atoms with E-state index in [0.29, 0.717) is 5.88 Å². The molecule has 0 N–H and O–H groups in total. The molecule has 1 heterocycles. The van der Waals surface area contributed by atoms with Crippen molar-refractivity contribution in [3.05, 3.63) is 58.1 Å². The third-order valence-corrected chi connectivity index (χ3v) is 4.62. The van der Waals surface area contributed by atoms with Crippen molar-refractivity contribution >= 4 is 38.9 Å². The number of anilines is 2. The van der Waals surface area contributed by atoms with Crippen LogP contribution in [0.25, 0.3) is 0 Å². The van der Waals surface area contributed by atoms with Crippen LogP contribution in [0.3, 0.4) is 0 Å². The summed E-state index contributed by atoms with van der Waals surface area (Å²) < 4.78 is 1.08. The zero-order valence-electron chi connectivity index (χ0n) is 11.3. The molecular formula is C17H17BrClN. The summed E-state index contributed by atoms with van der Waals surface area (Å²) in [6.45, 7) is 1.06.